The molecule has 0 aromatic carbocycles. The molecule has 6 N–H and O–H groups in total. The maximum Gasteiger partial charge on any atom is 0.326 e. The van der Waals surface area contributed by atoms with Crippen molar-refractivity contribution in [3.05, 3.63) is 0 Å². The molecule has 0 radical (unpaired) electrons. The molecule has 10 nitrogen and oxygen atoms in total. The second kappa shape index (κ2) is 7.53. The van der Waals surface area contributed by atoms with Crippen LogP contribution >= 0.6 is 0 Å². The Kier molecular flexibility index (Phi) is 6.79. The van der Waals surface area contributed by atoms with Gasteiger partial charge >= 0.3 is 18.0 Å². The first-order valence-corrected chi connectivity index (χ1v) is 6.83. The number of nitrogens with one attached hydrogen (secondary N) is 2. The maximum absolute atomic E-state index is 11.2. The number of hydrogen-bond acceptors (Lipinski definition) is 5. The highest BCUT2D eigenvalue weighted by molar-refractivity contribution is 7.89. The van der Waals surface area contributed by atoms with Crippen molar-refractivity contribution in [3.8, 4) is 0 Å². The molecule has 19 heavy (non-hydrogen) atoms. The second-order valence-corrected chi connectivity index (χ2v) is 5.34. The van der Waals surface area contributed by atoms with Crippen LogP contribution in [0.1, 0.15) is 12.8 Å². The number of urea groups is 1. The third kappa shape index (κ3) is 9.79. The quantitative estimate of drug-likeness (QED) is 0.318. The van der Waals surface area contributed by atoms with E-state index in [1.54, 1.807) is 0 Å². The lowest BCUT2D eigenvalue weighted by Gasteiger charge is -2.13. The van der Waals surface area contributed by atoms with Crippen LogP contribution in [0.2, 0.25) is 0 Å². The van der Waals surface area contributed by atoms with E-state index in [1.165, 1.54) is 0 Å². The van der Waals surface area contributed by atoms with Crippen LogP contribution in [-0.2, 0) is 19.6 Å². The minimum absolute atomic E-state index is 0.0400. The van der Waals surface area contributed by atoms with Crippen LogP contribution in [0.4, 0.5) is 4.79 Å². The van der Waals surface area contributed by atoms with Gasteiger partial charge in [0.2, 0.25) is 10.0 Å². The van der Waals surface area contributed by atoms with Crippen LogP contribution in [0.3, 0.4) is 0 Å². The molecule has 0 aliphatic rings. The average Bonchev–Trinajstić information content (AvgIpc) is 2.21. The molecule has 0 aromatic rings. The normalized spacial score (nSPS) is 12.5. The van der Waals surface area contributed by atoms with Gasteiger partial charge in [0.05, 0.1) is 12.2 Å². The molecule has 0 saturated carbocycles. The summed E-state index contributed by atoms with van der Waals surface area (Å²) in [7, 11) is -3.62. The monoisotopic (exact) mass is 297 g/mol. The number of rotatable bonds is 8. The van der Waals surface area contributed by atoms with E-state index in [9.17, 15) is 22.8 Å². The summed E-state index contributed by atoms with van der Waals surface area (Å²) < 4.78 is 21.1. The van der Waals surface area contributed by atoms with Crippen LogP contribution < -0.4 is 15.8 Å². The number of primary sulfonamides is 1. The molecule has 0 saturated heterocycles. The number of hydrogen-bond donors (Lipinski definition) is 5. The fourth-order valence-electron chi connectivity index (χ4n) is 1.06. The summed E-state index contributed by atoms with van der Waals surface area (Å²) in [5, 5.41) is 25.9. The van der Waals surface area contributed by atoms with Crippen molar-refractivity contribution < 1.29 is 33.0 Å². The second-order valence-electron chi connectivity index (χ2n) is 3.61. The van der Waals surface area contributed by atoms with Crippen LogP contribution in [-0.4, -0.2) is 54.9 Å². The summed E-state index contributed by atoms with van der Waals surface area (Å²) in [6.07, 6.45) is -0.706. The number of carboxylic acids is 2. The number of amides is 2. The van der Waals surface area contributed by atoms with Gasteiger partial charge in [-0.2, -0.15) is 0 Å². The molecule has 0 aliphatic carbocycles. The van der Waals surface area contributed by atoms with Crippen molar-refractivity contribution in [2.75, 3.05) is 12.3 Å². The molecule has 0 bridgehead atoms. The smallest absolute Gasteiger partial charge is 0.326 e. The molecule has 11 heteroatoms. The van der Waals surface area contributed by atoms with E-state index in [4.69, 9.17) is 15.4 Å². The topological polar surface area (TPSA) is 176 Å². The SMILES string of the molecule is NS(=O)(=O)CCCNC(=O)N[C@@H](CC(=O)O)C(=O)O. The first-order valence-electron chi connectivity index (χ1n) is 5.11. The summed E-state index contributed by atoms with van der Waals surface area (Å²) in [4.78, 5) is 32.2. The van der Waals surface area contributed by atoms with Gasteiger partial charge in [-0.25, -0.2) is 23.1 Å². The van der Waals surface area contributed by atoms with E-state index in [2.05, 4.69) is 5.32 Å². The maximum atomic E-state index is 11.2. The Morgan fingerprint density at radius 3 is 2.21 bits per heavy atom. The first kappa shape index (κ1) is 17.1. The molecule has 2 amide bonds. The van der Waals surface area contributed by atoms with Gasteiger partial charge in [0.1, 0.15) is 6.04 Å². The van der Waals surface area contributed by atoms with Gasteiger partial charge in [0.15, 0.2) is 0 Å². The molecule has 0 rings (SSSR count). The van der Waals surface area contributed by atoms with Crippen molar-refractivity contribution in [1.82, 2.24) is 10.6 Å². The number of carbonyl (C=O) groups excluding carboxylic acids is 1. The molecule has 0 heterocycles. The average molecular weight is 297 g/mol. The molecule has 110 valence electrons. The van der Waals surface area contributed by atoms with Gasteiger partial charge in [-0.1, -0.05) is 0 Å². The van der Waals surface area contributed by atoms with E-state index < -0.39 is 40.5 Å². The predicted octanol–water partition coefficient (Wildman–Crippen LogP) is -2.11. The van der Waals surface area contributed by atoms with Crippen molar-refractivity contribution in [3.63, 3.8) is 0 Å². The summed E-state index contributed by atoms with van der Waals surface area (Å²) in [6, 6.07) is -2.46. The zero-order valence-corrected chi connectivity index (χ0v) is 10.6. The Balaban J connectivity index is 4.07. The van der Waals surface area contributed by atoms with Gasteiger partial charge in [-0.3, -0.25) is 4.79 Å². The Morgan fingerprint density at radius 2 is 1.79 bits per heavy atom. The van der Waals surface area contributed by atoms with Gasteiger partial charge in [0.25, 0.3) is 0 Å². The van der Waals surface area contributed by atoms with E-state index in [0.29, 0.717) is 0 Å². The minimum atomic E-state index is -3.62. The lowest BCUT2D eigenvalue weighted by Crippen LogP contribution is -2.47. The van der Waals surface area contributed by atoms with Crippen molar-refractivity contribution in [2.24, 2.45) is 5.14 Å². The Morgan fingerprint density at radius 1 is 1.21 bits per heavy atom. The van der Waals surface area contributed by atoms with Crippen LogP contribution in [0.15, 0.2) is 0 Å². The lowest BCUT2D eigenvalue weighted by molar-refractivity contribution is -0.145. The standard InChI is InChI=1S/C8H15N3O7S/c9-19(17,18)3-1-2-10-8(16)11-5(7(14)15)4-6(12)13/h5H,1-4H2,(H,12,13)(H,14,15)(H2,9,17,18)(H2,10,11,16)/t5-/m0/s1. The summed E-state index contributed by atoms with van der Waals surface area (Å²) in [5.41, 5.74) is 0. The number of carboxylic acid groups (broad SMARTS) is 2. The van der Waals surface area contributed by atoms with Gasteiger partial charge in [0, 0.05) is 6.54 Å². The molecule has 0 unspecified atom stereocenters. The summed E-state index contributed by atoms with van der Waals surface area (Å²) in [6.45, 7) is -0.0400. The molecule has 0 spiro atoms. The predicted molar refractivity (Wildman–Crippen MR) is 62.8 cm³/mol. The zero-order chi connectivity index (χ0) is 15.1. The van der Waals surface area contributed by atoms with Crippen LogP contribution in [0.25, 0.3) is 0 Å². The number of nitrogens with two attached hydrogens (primary N) is 1. The third-order valence-electron chi connectivity index (χ3n) is 1.87. The van der Waals surface area contributed by atoms with E-state index in [0.717, 1.165) is 0 Å². The highest BCUT2D eigenvalue weighted by Gasteiger charge is 2.22. The number of sulfonamides is 1. The molecule has 1 atom stereocenters. The third-order valence-corrected chi connectivity index (χ3v) is 2.73. The summed E-state index contributed by atoms with van der Waals surface area (Å²) >= 11 is 0. The molecular formula is C8H15N3O7S. The lowest BCUT2D eigenvalue weighted by atomic mass is 10.2. The minimum Gasteiger partial charge on any atom is -0.481 e. The van der Waals surface area contributed by atoms with Crippen LogP contribution in [0, 0.1) is 0 Å². The van der Waals surface area contributed by atoms with E-state index >= 15 is 0 Å². The highest BCUT2D eigenvalue weighted by atomic mass is 32.2. The first-order chi connectivity index (χ1) is 8.61. The van der Waals surface area contributed by atoms with Crippen molar-refractivity contribution in [2.45, 2.75) is 18.9 Å². The van der Waals surface area contributed by atoms with Gasteiger partial charge in [-0.05, 0) is 6.42 Å². The van der Waals surface area contributed by atoms with Gasteiger partial charge in [-0.15, -0.1) is 0 Å². The highest BCUT2D eigenvalue weighted by Crippen LogP contribution is 1.92. The number of carbonyl (C=O) groups is 3. The van der Waals surface area contributed by atoms with Crippen molar-refractivity contribution >= 4 is 28.0 Å². The van der Waals surface area contributed by atoms with E-state index in [-0.39, 0.29) is 18.7 Å². The fraction of sp³-hybridized carbons (Fsp3) is 0.625. The fourth-order valence-corrected chi connectivity index (χ4v) is 1.61. The zero-order valence-electron chi connectivity index (χ0n) is 9.83. The molecular weight excluding hydrogens is 282 g/mol. The largest absolute Gasteiger partial charge is 0.481 e. The Labute approximate surface area is 109 Å². The van der Waals surface area contributed by atoms with E-state index in [1.807, 2.05) is 5.32 Å². The molecule has 0 fully saturated rings. The van der Waals surface area contributed by atoms with Gasteiger partial charge < -0.3 is 20.8 Å². The Bertz CT molecular complexity index is 447. The summed E-state index contributed by atoms with van der Waals surface area (Å²) in [5.74, 6) is -3.19. The Hall–Kier alpha value is -1.88. The van der Waals surface area contributed by atoms with Crippen LogP contribution in [0.5, 0.6) is 0 Å². The number of aliphatic carboxylic acids is 2. The molecule has 0 aromatic heterocycles. The van der Waals surface area contributed by atoms with Crippen molar-refractivity contribution in [1.29, 1.82) is 0 Å². The molecule has 0 aliphatic heterocycles.